The zero-order valence-corrected chi connectivity index (χ0v) is 13.1. The Kier molecular flexibility index (Phi) is 4.91. The van der Waals surface area contributed by atoms with E-state index in [1.807, 2.05) is 26.8 Å². The van der Waals surface area contributed by atoms with Crippen LogP contribution in [0.3, 0.4) is 0 Å². The molecule has 0 fully saturated rings. The van der Waals surface area contributed by atoms with Crippen molar-refractivity contribution in [1.29, 1.82) is 0 Å². The third-order valence-electron chi connectivity index (χ3n) is 3.12. The fraction of sp³-hybridized carbons (Fsp3) is 0.312. The third kappa shape index (κ3) is 4.26. The smallest absolute Gasteiger partial charge is 0.258 e. The van der Waals surface area contributed by atoms with E-state index in [2.05, 4.69) is 5.32 Å². The topological polar surface area (TPSA) is 51.5 Å². The maximum atomic E-state index is 11.8. The van der Waals surface area contributed by atoms with Gasteiger partial charge in [-0.25, -0.2) is 0 Å². The van der Waals surface area contributed by atoms with Crippen LogP contribution in [0, 0.1) is 20.8 Å². The van der Waals surface area contributed by atoms with Crippen LogP contribution in [0.15, 0.2) is 28.7 Å². The van der Waals surface area contributed by atoms with Gasteiger partial charge in [-0.1, -0.05) is 11.6 Å². The lowest BCUT2D eigenvalue weighted by Gasteiger charge is -2.08. The average molecular weight is 308 g/mol. The lowest BCUT2D eigenvalue weighted by Crippen LogP contribution is -2.28. The number of furan rings is 1. The Morgan fingerprint density at radius 1 is 1.29 bits per heavy atom. The molecule has 0 unspecified atom stereocenters. The minimum Gasteiger partial charge on any atom is -0.484 e. The van der Waals surface area contributed by atoms with E-state index < -0.39 is 0 Å². The summed E-state index contributed by atoms with van der Waals surface area (Å²) in [5.41, 5.74) is 1.89. The number of rotatable bonds is 5. The van der Waals surface area contributed by atoms with Gasteiger partial charge in [0.15, 0.2) is 6.61 Å². The molecule has 112 valence electrons. The predicted molar refractivity (Wildman–Crippen MR) is 81.7 cm³/mol. The third-order valence-corrected chi connectivity index (χ3v) is 3.54. The van der Waals surface area contributed by atoms with Gasteiger partial charge in [0.05, 0.1) is 0 Å². The number of nitrogens with one attached hydrogen (secondary N) is 1. The molecular formula is C16H18ClNO3. The van der Waals surface area contributed by atoms with E-state index in [0.29, 0.717) is 17.3 Å². The predicted octanol–water partition coefficient (Wildman–Crippen LogP) is 3.55. The summed E-state index contributed by atoms with van der Waals surface area (Å²) in [6.45, 7) is 6.05. The summed E-state index contributed by atoms with van der Waals surface area (Å²) < 4.78 is 10.8. The number of ether oxygens (including phenoxy) is 1. The SMILES string of the molecule is Cc1cc(CNC(=O)COc2ccc(Cl)c(C)c2)c(C)o1. The Morgan fingerprint density at radius 2 is 2.05 bits per heavy atom. The molecule has 0 radical (unpaired) electrons. The Morgan fingerprint density at radius 3 is 2.67 bits per heavy atom. The van der Waals surface area contributed by atoms with E-state index in [4.69, 9.17) is 20.8 Å². The van der Waals surface area contributed by atoms with Crippen molar-refractivity contribution in [2.75, 3.05) is 6.61 Å². The van der Waals surface area contributed by atoms with E-state index in [1.54, 1.807) is 18.2 Å². The Balaban J connectivity index is 1.82. The molecule has 0 spiro atoms. The van der Waals surface area contributed by atoms with E-state index in [1.165, 1.54) is 0 Å². The van der Waals surface area contributed by atoms with Crippen LogP contribution in [-0.4, -0.2) is 12.5 Å². The zero-order chi connectivity index (χ0) is 15.4. The van der Waals surface area contributed by atoms with Crippen LogP contribution in [0.2, 0.25) is 5.02 Å². The highest BCUT2D eigenvalue weighted by molar-refractivity contribution is 6.31. The lowest BCUT2D eigenvalue weighted by atomic mass is 10.2. The van der Waals surface area contributed by atoms with Crippen molar-refractivity contribution in [3.8, 4) is 5.75 Å². The second kappa shape index (κ2) is 6.68. The van der Waals surface area contributed by atoms with Gasteiger partial charge >= 0.3 is 0 Å². The van der Waals surface area contributed by atoms with Gasteiger partial charge in [0, 0.05) is 17.1 Å². The summed E-state index contributed by atoms with van der Waals surface area (Å²) in [7, 11) is 0. The lowest BCUT2D eigenvalue weighted by molar-refractivity contribution is -0.123. The normalized spacial score (nSPS) is 10.5. The van der Waals surface area contributed by atoms with Gasteiger partial charge in [0.1, 0.15) is 17.3 Å². The molecule has 4 nitrogen and oxygen atoms in total. The number of aryl methyl sites for hydroxylation is 3. The largest absolute Gasteiger partial charge is 0.484 e. The molecule has 1 amide bonds. The monoisotopic (exact) mass is 307 g/mol. The first kappa shape index (κ1) is 15.4. The highest BCUT2D eigenvalue weighted by atomic mass is 35.5. The molecule has 5 heteroatoms. The molecule has 0 aliphatic rings. The number of halogens is 1. The number of carbonyl (C=O) groups is 1. The molecule has 1 aromatic heterocycles. The van der Waals surface area contributed by atoms with Crippen molar-refractivity contribution >= 4 is 17.5 Å². The molecule has 0 aliphatic heterocycles. The standard InChI is InChI=1S/C16H18ClNO3/c1-10-6-14(4-5-15(10)17)20-9-16(19)18-8-13-7-11(2)21-12(13)3/h4-7H,8-9H2,1-3H3,(H,18,19). The quantitative estimate of drug-likeness (QED) is 0.919. The second-order valence-electron chi connectivity index (χ2n) is 4.91. The maximum Gasteiger partial charge on any atom is 0.258 e. The van der Waals surface area contributed by atoms with Gasteiger partial charge in [0.2, 0.25) is 0 Å². The Hall–Kier alpha value is -1.94. The molecular weight excluding hydrogens is 290 g/mol. The van der Waals surface area contributed by atoms with Crippen LogP contribution < -0.4 is 10.1 Å². The fourth-order valence-corrected chi connectivity index (χ4v) is 2.08. The first-order valence-corrected chi connectivity index (χ1v) is 7.05. The van der Waals surface area contributed by atoms with Crippen LogP contribution in [-0.2, 0) is 11.3 Å². The van der Waals surface area contributed by atoms with Gasteiger partial charge in [0.25, 0.3) is 5.91 Å². The van der Waals surface area contributed by atoms with E-state index >= 15 is 0 Å². The first-order valence-electron chi connectivity index (χ1n) is 6.67. The number of amides is 1. The Bertz CT molecular complexity index is 649. The fourth-order valence-electron chi connectivity index (χ4n) is 1.96. The van der Waals surface area contributed by atoms with E-state index in [-0.39, 0.29) is 12.5 Å². The molecule has 21 heavy (non-hydrogen) atoms. The minimum atomic E-state index is -0.180. The maximum absolute atomic E-state index is 11.8. The highest BCUT2D eigenvalue weighted by Gasteiger charge is 2.08. The number of benzene rings is 1. The molecule has 1 heterocycles. The van der Waals surface area contributed by atoms with Crippen molar-refractivity contribution in [1.82, 2.24) is 5.32 Å². The van der Waals surface area contributed by atoms with Crippen LogP contribution in [0.4, 0.5) is 0 Å². The molecule has 0 bridgehead atoms. The van der Waals surface area contributed by atoms with Crippen LogP contribution in [0.5, 0.6) is 5.75 Å². The van der Waals surface area contributed by atoms with Crippen molar-refractivity contribution in [2.45, 2.75) is 27.3 Å². The average Bonchev–Trinajstić information content (AvgIpc) is 2.76. The summed E-state index contributed by atoms with van der Waals surface area (Å²) in [6, 6.07) is 7.21. The molecule has 1 aromatic carbocycles. The second-order valence-corrected chi connectivity index (χ2v) is 5.32. The molecule has 0 saturated heterocycles. The molecule has 0 aliphatic carbocycles. The van der Waals surface area contributed by atoms with Crippen LogP contribution in [0.1, 0.15) is 22.6 Å². The van der Waals surface area contributed by atoms with Gasteiger partial charge in [-0.3, -0.25) is 4.79 Å². The molecule has 2 rings (SSSR count). The van der Waals surface area contributed by atoms with Crippen molar-refractivity contribution in [3.63, 3.8) is 0 Å². The zero-order valence-electron chi connectivity index (χ0n) is 12.3. The van der Waals surface area contributed by atoms with Crippen LogP contribution >= 0.6 is 11.6 Å². The van der Waals surface area contributed by atoms with Crippen molar-refractivity contribution in [3.05, 3.63) is 51.9 Å². The van der Waals surface area contributed by atoms with E-state index in [0.717, 1.165) is 22.6 Å². The molecule has 2 aromatic rings. The van der Waals surface area contributed by atoms with Gasteiger partial charge < -0.3 is 14.5 Å². The first-order chi connectivity index (χ1) is 9.95. The van der Waals surface area contributed by atoms with E-state index in [9.17, 15) is 4.79 Å². The number of carbonyl (C=O) groups excluding carboxylic acids is 1. The van der Waals surface area contributed by atoms with Gasteiger partial charge in [-0.05, 0) is 50.6 Å². The number of hydrogen-bond donors (Lipinski definition) is 1. The molecule has 1 N–H and O–H groups in total. The summed E-state index contributed by atoms with van der Waals surface area (Å²) in [5.74, 6) is 2.11. The van der Waals surface area contributed by atoms with Crippen molar-refractivity contribution in [2.24, 2.45) is 0 Å². The highest BCUT2D eigenvalue weighted by Crippen LogP contribution is 2.20. The summed E-state index contributed by atoms with van der Waals surface area (Å²) in [5, 5.41) is 3.48. The van der Waals surface area contributed by atoms with Crippen LogP contribution in [0.25, 0.3) is 0 Å². The number of hydrogen-bond acceptors (Lipinski definition) is 3. The Labute approximate surface area is 129 Å². The molecule has 0 saturated carbocycles. The van der Waals surface area contributed by atoms with Gasteiger partial charge in [-0.2, -0.15) is 0 Å². The minimum absolute atomic E-state index is 0.0308. The summed E-state index contributed by atoms with van der Waals surface area (Å²) >= 11 is 5.93. The van der Waals surface area contributed by atoms with Gasteiger partial charge in [-0.15, -0.1) is 0 Å². The van der Waals surface area contributed by atoms with Crippen molar-refractivity contribution < 1.29 is 13.9 Å². The molecule has 0 atom stereocenters. The summed E-state index contributed by atoms with van der Waals surface area (Å²) in [4.78, 5) is 11.8. The summed E-state index contributed by atoms with van der Waals surface area (Å²) in [6.07, 6.45) is 0.